The second-order valence-electron chi connectivity index (χ2n) is 3.20. The van der Waals surface area contributed by atoms with E-state index in [9.17, 15) is 9.18 Å². The monoisotopic (exact) mass is 263 g/mol. The number of aliphatic hydroxyl groups excluding tert-OH is 1. The number of thioether (sulfide) groups is 2. The Labute approximate surface area is 99.2 Å². The third-order valence-electron chi connectivity index (χ3n) is 2.13. The van der Waals surface area contributed by atoms with Crippen LogP contribution in [0.4, 0.5) is 10.2 Å². The van der Waals surface area contributed by atoms with Crippen LogP contribution in [0.3, 0.4) is 0 Å². The number of halogens is 1. The van der Waals surface area contributed by atoms with Gasteiger partial charge in [0, 0.05) is 11.9 Å². The zero-order chi connectivity index (χ0) is 11.7. The fourth-order valence-corrected chi connectivity index (χ4v) is 4.20. The Morgan fingerprint density at radius 2 is 2.50 bits per heavy atom. The molecule has 1 aliphatic heterocycles. The lowest BCUT2D eigenvalue weighted by Crippen LogP contribution is -2.27. The molecule has 3 N–H and O–H groups in total. The quantitative estimate of drug-likeness (QED) is 0.796. The van der Waals surface area contributed by atoms with Crippen LogP contribution in [-0.2, 0) is 0 Å². The highest BCUT2D eigenvalue weighted by atomic mass is 32.2. The van der Waals surface area contributed by atoms with Crippen molar-refractivity contribution in [2.45, 2.75) is 9.96 Å². The molecule has 0 aliphatic carbocycles. The largest absolute Gasteiger partial charge is 0.394 e. The van der Waals surface area contributed by atoms with E-state index >= 15 is 0 Å². The molecule has 0 unspecified atom stereocenters. The Morgan fingerprint density at radius 1 is 1.75 bits per heavy atom. The van der Waals surface area contributed by atoms with E-state index in [4.69, 9.17) is 10.8 Å². The normalized spacial score (nSPS) is 24.9. The molecule has 0 bridgehead atoms. The molecule has 1 fully saturated rings. The van der Waals surface area contributed by atoms with Gasteiger partial charge in [0.25, 0.3) is 0 Å². The number of nitrogens with zero attached hydrogens (tertiary/aromatic N) is 2. The molecule has 2 rings (SSSR count). The highest BCUT2D eigenvalue weighted by Gasteiger charge is 2.28. The molecule has 1 aromatic heterocycles. The summed E-state index contributed by atoms with van der Waals surface area (Å²) in [7, 11) is 0. The number of anilines is 1. The van der Waals surface area contributed by atoms with Gasteiger partial charge in [0.2, 0.25) is 0 Å². The Bertz CT molecular complexity index is 453. The number of rotatable bonds is 2. The molecular formula is C8H10FN3O2S2. The summed E-state index contributed by atoms with van der Waals surface area (Å²) in [5, 5.41) is 8.76. The van der Waals surface area contributed by atoms with Gasteiger partial charge in [-0.2, -0.15) is 4.98 Å². The van der Waals surface area contributed by atoms with Gasteiger partial charge in [-0.3, -0.25) is 4.57 Å². The van der Waals surface area contributed by atoms with Crippen LogP contribution < -0.4 is 11.4 Å². The molecule has 0 radical (unpaired) electrons. The van der Waals surface area contributed by atoms with Crippen LogP contribution in [0.15, 0.2) is 11.0 Å². The van der Waals surface area contributed by atoms with Crippen LogP contribution in [0.1, 0.15) is 5.37 Å². The second kappa shape index (κ2) is 4.64. The summed E-state index contributed by atoms with van der Waals surface area (Å²) in [4.78, 5) is 14.9. The maximum absolute atomic E-state index is 13.2. The topological polar surface area (TPSA) is 81.1 Å². The van der Waals surface area contributed by atoms with Gasteiger partial charge < -0.3 is 10.8 Å². The fraction of sp³-hybridized carbons (Fsp3) is 0.500. The molecule has 0 aromatic carbocycles. The molecule has 1 aliphatic rings. The minimum atomic E-state index is -0.697. The number of aliphatic hydroxyl groups is 1. The molecule has 1 saturated heterocycles. The average Bonchev–Trinajstić information content (AvgIpc) is 2.71. The second-order valence-corrected chi connectivity index (χ2v) is 6.12. The van der Waals surface area contributed by atoms with Gasteiger partial charge in [-0.25, -0.2) is 9.18 Å². The molecule has 0 saturated carbocycles. The van der Waals surface area contributed by atoms with Crippen molar-refractivity contribution in [3.63, 3.8) is 0 Å². The molecule has 0 amide bonds. The Balaban J connectivity index is 2.28. The van der Waals surface area contributed by atoms with E-state index in [1.165, 1.54) is 28.1 Å². The van der Waals surface area contributed by atoms with E-state index in [0.717, 1.165) is 6.20 Å². The van der Waals surface area contributed by atoms with Crippen LogP contribution in [0.5, 0.6) is 0 Å². The van der Waals surface area contributed by atoms with Crippen molar-refractivity contribution in [1.29, 1.82) is 0 Å². The van der Waals surface area contributed by atoms with Gasteiger partial charge >= 0.3 is 5.69 Å². The number of hydrogen-bond acceptors (Lipinski definition) is 6. The minimum Gasteiger partial charge on any atom is -0.394 e. The molecule has 16 heavy (non-hydrogen) atoms. The Kier molecular flexibility index (Phi) is 3.41. The van der Waals surface area contributed by atoms with Gasteiger partial charge in [-0.05, 0) is 0 Å². The van der Waals surface area contributed by atoms with Crippen molar-refractivity contribution >= 4 is 29.3 Å². The summed E-state index contributed by atoms with van der Waals surface area (Å²) in [5.41, 5.74) is 4.63. The van der Waals surface area contributed by atoms with Crippen LogP contribution in [0, 0.1) is 5.82 Å². The zero-order valence-electron chi connectivity index (χ0n) is 8.17. The smallest absolute Gasteiger partial charge is 0.350 e. The predicted molar refractivity (Wildman–Crippen MR) is 62.8 cm³/mol. The van der Waals surface area contributed by atoms with Gasteiger partial charge in [-0.15, -0.1) is 23.5 Å². The van der Waals surface area contributed by atoms with E-state index in [1.807, 2.05) is 0 Å². The van der Waals surface area contributed by atoms with Crippen molar-refractivity contribution in [3.8, 4) is 0 Å². The van der Waals surface area contributed by atoms with Crippen molar-refractivity contribution in [2.24, 2.45) is 0 Å². The molecular weight excluding hydrogens is 253 g/mol. The molecule has 5 nitrogen and oxygen atoms in total. The van der Waals surface area contributed by atoms with Crippen LogP contribution >= 0.6 is 23.5 Å². The van der Waals surface area contributed by atoms with Crippen LogP contribution in [0.2, 0.25) is 0 Å². The lowest BCUT2D eigenvalue weighted by molar-refractivity contribution is 0.316. The van der Waals surface area contributed by atoms with E-state index in [0.29, 0.717) is 5.75 Å². The zero-order valence-corrected chi connectivity index (χ0v) is 9.80. The van der Waals surface area contributed by atoms with E-state index in [2.05, 4.69) is 4.98 Å². The number of nitrogen functional groups attached to an aromatic ring is 1. The summed E-state index contributed by atoms with van der Waals surface area (Å²) in [6, 6.07) is 0. The molecule has 2 heterocycles. The lowest BCUT2D eigenvalue weighted by atomic mass is 10.5. The van der Waals surface area contributed by atoms with Crippen molar-refractivity contribution in [2.75, 3.05) is 18.1 Å². The van der Waals surface area contributed by atoms with E-state index in [-0.39, 0.29) is 22.4 Å². The first-order chi connectivity index (χ1) is 7.61. The molecule has 0 spiro atoms. The maximum atomic E-state index is 13.2. The van der Waals surface area contributed by atoms with Gasteiger partial charge in [-0.1, -0.05) is 0 Å². The first-order valence-electron chi connectivity index (χ1n) is 4.54. The van der Waals surface area contributed by atoms with E-state index in [1.54, 1.807) is 0 Å². The standard InChI is InChI=1S/C8H10FN3O2S2/c9-4-1-12(8(14)11-7(4)10)5-3-15-6(2-13)16-5/h1,5-6,13H,2-3H2,(H2,10,11,14)/t5-,6+/m0/s1. The van der Waals surface area contributed by atoms with Gasteiger partial charge in [0.15, 0.2) is 11.6 Å². The summed E-state index contributed by atoms with van der Waals surface area (Å²) >= 11 is 2.96. The van der Waals surface area contributed by atoms with E-state index < -0.39 is 11.5 Å². The number of hydrogen-bond donors (Lipinski definition) is 2. The number of nitrogens with two attached hydrogens (primary N) is 1. The summed E-state index contributed by atoms with van der Waals surface area (Å²) < 4.78 is 14.4. The average molecular weight is 263 g/mol. The highest BCUT2D eigenvalue weighted by molar-refractivity contribution is 8.20. The Morgan fingerprint density at radius 3 is 3.12 bits per heavy atom. The molecule has 88 valence electrons. The van der Waals surface area contributed by atoms with Crippen LogP contribution in [0.25, 0.3) is 0 Å². The van der Waals surface area contributed by atoms with Gasteiger partial charge in [0.05, 0.1) is 16.6 Å². The highest BCUT2D eigenvalue weighted by Crippen LogP contribution is 2.43. The summed E-state index contributed by atoms with van der Waals surface area (Å²) in [5.74, 6) is -0.436. The van der Waals surface area contributed by atoms with Crippen molar-refractivity contribution in [3.05, 3.63) is 22.5 Å². The fourth-order valence-electron chi connectivity index (χ4n) is 1.35. The summed E-state index contributed by atoms with van der Waals surface area (Å²) in [6.45, 7) is 0.0332. The van der Waals surface area contributed by atoms with Crippen molar-refractivity contribution in [1.82, 2.24) is 9.55 Å². The first-order valence-corrected chi connectivity index (χ1v) is 6.53. The van der Waals surface area contributed by atoms with Crippen LogP contribution in [-0.4, -0.2) is 31.6 Å². The number of aromatic nitrogens is 2. The first kappa shape index (κ1) is 11.7. The Hall–Kier alpha value is -0.730. The third-order valence-corrected chi connectivity index (χ3v) is 5.27. The molecule has 8 heteroatoms. The maximum Gasteiger partial charge on any atom is 0.350 e. The predicted octanol–water partition coefficient (Wildman–Crippen LogP) is 0.262. The molecule has 1 aromatic rings. The lowest BCUT2D eigenvalue weighted by Gasteiger charge is -2.12. The SMILES string of the molecule is Nc1nc(=O)n([C@@H]2CS[C@@H](CO)S2)cc1F. The molecule has 2 atom stereocenters. The van der Waals surface area contributed by atoms with Gasteiger partial charge in [0.1, 0.15) is 0 Å². The van der Waals surface area contributed by atoms with Crippen molar-refractivity contribution < 1.29 is 9.50 Å². The summed E-state index contributed by atoms with van der Waals surface area (Å²) in [6.07, 6.45) is 1.07. The third kappa shape index (κ3) is 2.18. The minimum absolute atomic E-state index is 0.0255.